The van der Waals surface area contributed by atoms with Gasteiger partial charge in [-0.3, -0.25) is 0 Å². The molecule has 26 heavy (non-hydrogen) atoms. The van der Waals surface area contributed by atoms with E-state index in [1.807, 2.05) is 0 Å². The minimum absolute atomic E-state index is 0. The molecule has 0 unspecified atom stereocenters. The summed E-state index contributed by atoms with van der Waals surface area (Å²) >= 11 is 0. The lowest BCUT2D eigenvalue weighted by Crippen LogP contribution is -2.50. The van der Waals surface area contributed by atoms with Crippen LogP contribution in [0.25, 0.3) is 11.0 Å². The third kappa shape index (κ3) is 3.89. The fraction of sp³-hybridized carbons (Fsp3) is 0.588. The van der Waals surface area contributed by atoms with Crippen molar-refractivity contribution in [2.45, 2.75) is 17.7 Å². The first kappa shape index (κ1) is 19.6. The van der Waals surface area contributed by atoms with E-state index in [-0.39, 0.29) is 12.4 Å². The van der Waals surface area contributed by atoms with E-state index in [9.17, 15) is 8.42 Å². The molecule has 2 aliphatic heterocycles. The predicted octanol–water partition coefficient (Wildman–Crippen LogP) is 1.29. The van der Waals surface area contributed by atoms with E-state index in [0.717, 1.165) is 38.6 Å². The molecule has 0 aromatic carbocycles. The molecule has 2 aromatic rings. The van der Waals surface area contributed by atoms with Gasteiger partial charge < -0.3 is 15.2 Å². The molecule has 0 aliphatic carbocycles. The average Bonchev–Trinajstić information content (AvgIpc) is 3.08. The number of halogens is 1. The van der Waals surface area contributed by atoms with Gasteiger partial charge in [-0.25, -0.2) is 13.4 Å². The molecule has 2 fully saturated rings. The topological polar surface area (TPSA) is 81.3 Å². The van der Waals surface area contributed by atoms with E-state index in [0.29, 0.717) is 29.0 Å². The maximum atomic E-state index is 13.0. The fourth-order valence-electron chi connectivity index (χ4n) is 3.87. The number of pyridine rings is 1. The first-order valence-electron chi connectivity index (χ1n) is 9.00. The Kier molecular flexibility index (Phi) is 6.19. The van der Waals surface area contributed by atoms with Crippen LogP contribution in [0.15, 0.2) is 29.4 Å². The van der Waals surface area contributed by atoms with Crippen molar-refractivity contribution in [2.24, 2.45) is 5.92 Å². The largest absolute Gasteiger partial charge is 0.345 e. The molecule has 0 atom stereocenters. The Bertz CT molecular complexity index is 827. The van der Waals surface area contributed by atoms with Crippen LogP contribution in [-0.2, 0) is 10.0 Å². The molecule has 0 radical (unpaired) electrons. The van der Waals surface area contributed by atoms with Gasteiger partial charge in [0.25, 0.3) is 0 Å². The van der Waals surface area contributed by atoms with E-state index < -0.39 is 10.0 Å². The number of nitrogens with one attached hydrogen (secondary N) is 2. The minimum Gasteiger partial charge on any atom is -0.345 e. The number of fused-ring (bicyclic) bond motifs is 1. The number of sulfonamides is 1. The maximum absolute atomic E-state index is 13.0. The number of rotatable bonds is 4. The molecule has 0 amide bonds. The van der Waals surface area contributed by atoms with E-state index in [2.05, 4.69) is 20.2 Å². The predicted molar refractivity (Wildman–Crippen MR) is 104 cm³/mol. The normalized spacial score (nSPS) is 20.9. The molecule has 2 saturated heterocycles. The van der Waals surface area contributed by atoms with Crippen LogP contribution in [0.4, 0.5) is 0 Å². The van der Waals surface area contributed by atoms with Gasteiger partial charge in [0.1, 0.15) is 10.5 Å². The van der Waals surface area contributed by atoms with Gasteiger partial charge in [0, 0.05) is 50.5 Å². The first-order chi connectivity index (χ1) is 12.1. The SMILES string of the molecule is Cl.O=S(=O)(c1c[nH]c2ncccc12)N1CCN(CC2CCNCC2)CC1. The van der Waals surface area contributed by atoms with Crippen LogP contribution < -0.4 is 5.32 Å². The van der Waals surface area contributed by atoms with Crippen molar-refractivity contribution in [1.29, 1.82) is 0 Å². The smallest absolute Gasteiger partial charge is 0.245 e. The molecule has 0 bridgehead atoms. The van der Waals surface area contributed by atoms with Crippen LogP contribution in [-0.4, -0.2) is 73.4 Å². The third-order valence-electron chi connectivity index (χ3n) is 5.34. The highest BCUT2D eigenvalue weighted by Crippen LogP contribution is 2.25. The van der Waals surface area contributed by atoms with Crippen LogP contribution in [0.2, 0.25) is 0 Å². The summed E-state index contributed by atoms with van der Waals surface area (Å²) in [6.45, 7) is 6.03. The first-order valence-corrected chi connectivity index (χ1v) is 10.4. The number of hydrogen-bond donors (Lipinski definition) is 2. The van der Waals surface area contributed by atoms with Crippen molar-refractivity contribution in [3.8, 4) is 0 Å². The van der Waals surface area contributed by atoms with Gasteiger partial charge in [0.2, 0.25) is 10.0 Å². The van der Waals surface area contributed by atoms with E-state index in [4.69, 9.17) is 0 Å². The standard InChI is InChI=1S/C17H25N5O2S.ClH/c23-25(24,16-12-20-17-15(16)2-1-5-19-17)22-10-8-21(9-11-22)13-14-3-6-18-7-4-14;/h1-2,5,12,14,18H,3-4,6-11,13H2,(H,19,20);1H. The van der Waals surface area contributed by atoms with E-state index in [1.54, 1.807) is 28.8 Å². The summed E-state index contributed by atoms with van der Waals surface area (Å²) < 4.78 is 27.6. The molecular weight excluding hydrogens is 374 g/mol. The molecule has 2 aliphatic rings. The highest BCUT2D eigenvalue weighted by Gasteiger charge is 2.31. The zero-order valence-electron chi connectivity index (χ0n) is 14.7. The molecule has 7 nitrogen and oxygen atoms in total. The summed E-state index contributed by atoms with van der Waals surface area (Å²) in [7, 11) is -3.48. The van der Waals surface area contributed by atoms with Crippen LogP contribution >= 0.6 is 12.4 Å². The number of nitrogens with zero attached hydrogens (tertiary/aromatic N) is 3. The molecule has 0 saturated carbocycles. The molecule has 2 aromatic heterocycles. The second kappa shape index (κ2) is 8.22. The van der Waals surface area contributed by atoms with Crippen molar-refractivity contribution in [3.05, 3.63) is 24.5 Å². The Hall–Kier alpha value is -1.19. The van der Waals surface area contributed by atoms with Crippen molar-refractivity contribution < 1.29 is 8.42 Å². The number of aromatic nitrogens is 2. The van der Waals surface area contributed by atoms with Crippen molar-refractivity contribution in [2.75, 3.05) is 45.8 Å². The molecule has 144 valence electrons. The molecule has 4 rings (SSSR count). The summed E-state index contributed by atoms with van der Waals surface area (Å²) in [6.07, 6.45) is 5.67. The number of hydrogen-bond acceptors (Lipinski definition) is 5. The van der Waals surface area contributed by atoms with Crippen molar-refractivity contribution >= 4 is 33.5 Å². The van der Waals surface area contributed by atoms with Crippen LogP contribution in [0.3, 0.4) is 0 Å². The second-order valence-corrected chi connectivity index (χ2v) is 8.86. The third-order valence-corrected chi connectivity index (χ3v) is 7.28. The average molecular weight is 400 g/mol. The van der Waals surface area contributed by atoms with Gasteiger partial charge in [0.15, 0.2) is 0 Å². The second-order valence-electron chi connectivity index (χ2n) is 6.95. The minimum atomic E-state index is -3.48. The van der Waals surface area contributed by atoms with Gasteiger partial charge in [0.05, 0.1) is 0 Å². The zero-order valence-corrected chi connectivity index (χ0v) is 16.4. The van der Waals surface area contributed by atoms with Crippen LogP contribution in [0.5, 0.6) is 0 Å². The Morgan fingerprint density at radius 2 is 1.88 bits per heavy atom. The lowest BCUT2D eigenvalue weighted by molar-refractivity contribution is 0.152. The van der Waals surface area contributed by atoms with Gasteiger partial charge in [-0.05, 0) is 44.0 Å². The van der Waals surface area contributed by atoms with E-state index in [1.165, 1.54) is 12.8 Å². The summed E-state index contributed by atoms with van der Waals surface area (Å²) in [5, 5.41) is 4.06. The van der Waals surface area contributed by atoms with Crippen LogP contribution in [0, 0.1) is 5.92 Å². The van der Waals surface area contributed by atoms with Crippen molar-refractivity contribution in [3.63, 3.8) is 0 Å². The monoisotopic (exact) mass is 399 g/mol. The zero-order chi connectivity index (χ0) is 17.3. The number of H-pyrrole nitrogens is 1. The highest BCUT2D eigenvalue weighted by molar-refractivity contribution is 7.89. The maximum Gasteiger partial charge on any atom is 0.245 e. The number of piperidine rings is 1. The number of piperazine rings is 1. The Balaban J connectivity index is 0.00000196. The Labute approximate surface area is 160 Å². The molecule has 4 heterocycles. The lowest BCUT2D eigenvalue weighted by Gasteiger charge is -2.36. The molecule has 9 heteroatoms. The van der Waals surface area contributed by atoms with Gasteiger partial charge in [-0.15, -0.1) is 12.4 Å². The molecule has 0 spiro atoms. The highest BCUT2D eigenvalue weighted by atomic mass is 35.5. The van der Waals surface area contributed by atoms with E-state index >= 15 is 0 Å². The summed E-state index contributed by atoms with van der Waals surface area (Å²) in [5.41, 5.74) is 0.616. The fourth-order valence-corrected chi connectivity index (χ4v) is 5.44. The summed E-state index contributed by atoms with van der Waals surface area (Å²) in [5.74, 6) is 0.740. The molecule has 2 N–H and O–H groups in total. The lowest BCUT2D eigenvalue weighted by atomic mass is 9.97. The van der Waals surface area contributed by atoms with Gasteiger partial charge in [-0.1, -0.05) is 0 Å². The van der Waals surface area contributed by atoms with Crippen molar-refractivity contribution in [1.82, 2.24) is 24.5 Å². The Morgan fingerprint density at radius 3 is 2.62 bits per heavy atom. The van der Waals surface area contributed by atoms with Gasteiger partial charge >= 0.3 is 0 Å². The molecular formula is C17H26ClN5O2S. The quantitative estimate of drug-likeness (QED) is 0.809. The summed E-state index contributed by atoms with van der Waals surface area (Å²) in [6, 6.07) is 3.57. The number of aromatic amines is 1. The van der Waals surface area contributed by atoms with Crippen LogP contribution in [0.1, 0.15) is 12.8 Å². The Morgan fingerprint density at radius 1 is 1.15 bits per heavy atom. The summed E-state index contributed by atoms with van der Waals surface area (Å²) in [4.78, 5) is 9.90. The van der Waals surface area contributed by atoms with Gasteiger partial charge in [-0.2, -0.15) is 4.31 Å².